The van der Waals surface area contributed by atoms with Gasteiger partial charge in [0.25, 0.3) is 0 Å². The van der Waals surface area contributed by atoms with Gasteiger partial charge in [-0.3, -0.25) is 9.80 Å². The number of benzene rings is 1. The molecule has 1 fully saturated rings. The molecule has 4 nitrogen and oxygen atoms in total. The standard InChI is InChI=1S/C15H24N2O2/c1-11-8-17(9-12(2)16(11)3)10-13-7-14(19-4)5-6-15(13)18/h5-7,11-12,18H,8-10H2,1-4H3. The lowest BCUT2D eigenvalue weighted by Crippen LogP contribution is -2.54. The zero-order chi connectivity index (χ0) is 14.0. The summed E-state index contributed by atoms with van der Waals surface area (Å²) in [5.74, 6) is 1.14. The van der Waals surface area contributed by atoms with Crippen LogP contribution < -0.4 is 4.74 Å². The van der Waals surface area contributed by atoms with Gasteiger partial charge >= 0.3 is 0 Å². The highest BCUT2D eigenvalue weighted by molar-refractivity contribution is 5.39. The Kier molecular flexibility index (Phi) is 4.32. The first-order valence-corrected chi connectivity index (χ1v) is 6.81. The van der Waals surface area contributed by atoms with Crippen LogP contribution in [0.25, 0.3) is 0 Å². The minimum absolute atomic E-state index is 0.347. The Labute approximate surface area is 115 Å². The Morgan fingerprint density at radius 2 is 1.89 bits per heavy atom. The summed E-state index contributed by atoms with van der Waals surface area (Å²) in [6, 6.07) is 6.49. The van der Waals surface area contributed by atoms with Crippen molar-refractivity contribution in [1.82, 2.24) is 9.80 Å². The van der Waals surface area contributed by atoms with Crippen LogP contribution in [0, 0.1) is 0 Å². The zero-order valence-electron chi connectivity index (χ0n) is 12.3. The molecule has 1 N–H and O–H groups in total. The van der Waals surface area contributed by atoms with E-state index in [9.17, 15) is 5.11 Å². The maximum atomic E-state index is 9.95. The molecule has 0 spiro atoms. The van der Waals surface area contributed by atoms with E-state index in [2.05, 4.69) is 30.7 Å². The molecule has 0 aromatic heterocycles. The molecule has 0 radical (unpaired) electrons. The van der Waals surface area contributed by atoms with Gasteiger partial charge in [-0.25, -0.2) is 0 Å². The van der Waals surface area contributed by atoms with Crippen molar-refractivity contribution < 1.29 is 9.84 Å². The van der Waals surface area contributed by atoms with E-state index in [1.165, 1.54) is 0 Å². The van der Waals surface area contributed by atoms with Gasteiger partial charge in [-0.05, 0) is 39.1 Å². The average molecular weight is 264 g/mol. The molecule has 2 rings (SSSR count). The van der Waals surface area contributed by atoms with Gasteiger partial charge in [0.1, 0.15) is 11.5 Å². The van der Waals surface area contributed by atoms with Crippen molar-refractivity contribution in [2.45, 2.75) is 32.5 Å². The van der Waals surface area contributed by atoms with E-state index < -0.39 is 0 Å². The van der Waals surface area contributed by atoms with E-state index >= 15 is 0 Å². The van der Waals surface area contributed by atoms with E-state index in [1.54, 1.807) is 19.2 Å². The molecule has 0 saturated carbocycles. The second kappa shape index (κ2) is 5.80. The lowest BCUT2D eigenvalue weighted by atomic mass is 10.1. The summed E-state index contributed by atoms with van der Waals surface area (Å²) in [6.07, 6.45) is 0. The molecule has 0 aliphatic carbocycles. The minimum atomic E-state index is 0.347. The van der Waals surface area contributed by atoms with Crippen LogP contribution in [0.2, 0.25) is 0 Å². The molecule has 19 heavy (non-hydrogen) atoms. The monoisotopic (exact) mass is 264 g/mol. The molecule has 1 aromatic rings. The fourth-order valence-corrected chi connectivity index (χ4v) is 2.70. The number of nitrogens with zero attached hydrogens (tertiary/aromatic N) is 2. The summed E-state index contributed by atoms with van der Waals surface area (Å²) in [5.41, 5.74) is 0.934. The van der Waals surface area contributed by atoms with Gasteiger partial charge in [-0.1, -0.05) is 0 Å². The van der Waals surface area contributed by atoms with Gasteiger partial charge in [-0.2, -0.15) is 0 Å². The Morgan fingerprint density at radius 3 is 2.47 bits per heavy atom. The molecule has 1 heterocycles. The highest BCUT2D eigenvalue weighted by atomic mass is 16.5. The van der Waals surface area contributed by atoms with E-state index in [-0.39, 0.29) is 0 Å². The molecule has 1 aliphatic heterocycles. The SMILES string of the molecule is COc1ccc(O)c(CN2CC(C)N(C)C(C)C2)c1. The van der Waals surface area contributed by atoms with Gasteiger partial charge in [0.05, 0.1) is 7.11 Å². The number of rotatable bonds is 3. The van der Waals surface area contributed by atoms with Crippen molar-refractivity contribution in [3.05, 3.63) is 23.8 Å². The maximum absolute atomic E-state index is 9.95. The van der Waals surface area contributed by atoms with Crippen molar-refractivity contribution in [2.75, 3.05) is 27.2 Å². The van der Waals surface area contributed by atoms with Gasteiger partial charge < -0.3 is 9.84 Å². The quantitative estimate of drug-likeness (QED) is 0.905. The highest BCUT2D eigenvalue weighted by Gasteiger charge is 2.26. The molecular weight excluding hydrogens is 240 g/mol. The van der Waals surface area contributed by atoms with Crippen LogP contribution in [-0.4, -0.2) is 54.2 Å². The lowest BCUT2D eigenvalue weighted by Gasteiger charge is -2.42. The summed E-state index contributed by atoms with van der Waals surface area (Å²) in [4.78, 5) is 4.80. The third kappa shape index (κ3) is 3.19. The van der Waals surface area contributed by atoms with Gasteiger partial charge in [0.15, 0.2) is 0 Å². The van der Waals surface area contributed by atoms with Crippen LogP contribution in [0.4, 0.5) is 0 Å². The van der Waals surface area contributed by atoms with E-state index in [0.717, 1.165) is 30.9 Å². The van der Waals surface area contributed by atoms with Gasteiger partial charge in [0, 0.05) is 37.3 Å². The molecule has 2 atom stereocenters. The van der Waals surface area contributed by atoms with Gasteiger partial charge in [-0.15, -0.1) is 0 Å². The largest absolute Gasteiger partial charge is 0.508 e. The van der Waals surface area contributed by atoms with Crippen LogP contribution >= 0.6 is 0 Å². The molecule has 0 bridgehead atoms. The predicted octanol–water partition coefficient (Wildman–Crippen LogP) is 1.93. The summed E-state index contributed by atoms with van der Waals surface area (Å²) in [5, 5.41) is 9.95. The van der Waals surface area contributed by atoms with Crippen LogP contribution in [0.5, 0.6) is 11.5 Å². The zero-order valence-corrected chi connectivity index (χ0v) is 12.3. The summed E-state index contributed by atoms with van der Waals surface area (Å²) in [6.45, 7) is 7.31. The number of hydrogen-bond donors (Lipinski definition) is 1. The number of ether oxygens (including phenoxy) is 1. The van der Waals surface area contributed by atoms with Crippen molar-refractivity contribution in [1.29, 1.82) is 0 Å². The van der Waals surface area contributed by atoms with Crippen molar-refractivity contribution in [3.8, 4) is 11.5 Å². The third-order valence-corrected chi connectivity index (χ3v) is 4.12. The van der Waals surface area contributed by atoms with E-state index in [0.29, 0.717) is 17.8 Å². The molecule has 2 unspecified atom stereocenters. The molecule has 4 heteroatoms. The van der Waals surface area contributed by atoms with Gasteiger partial charge in [0.2, 0.25) is 0 Å². The number of hydrogen-bond acceptors (Lipinski definition) is 4. The fraction of sp³-hybridized carbons (Fsp3) is 0.600. The van der Waals surface area contributed by atoms with E-state index in [1.807, 2.05) is 6.07 Å². The van der Waals surface area contributed by atoms with Crippen molar-refractivity contribution >= 4 is 0 Å². The molecule has 1 aromatic carbocycles. The summed E-state index contributed by atoms with van der Waals surface area (Å²) < 4.78 is 5.22. The Morgan fingerprint density at radius 1 is 1.26 bits per heavy atom. The molecule has 106 valence electrons. The van der Waals surface area contributed by atoms with Crippen molar-refractivity contribution in [2.24, 2.45) is 0 Å². The Balaban J connectivity index is 2.09. The molecular formula is C15H24N2O2. The number of methoxy groups -OCH3 is 1. The van der Waals surface area contributed by atoms with Crippen LogP contribution in [0.15, 0.2) is 18.2 Å². The number of phenolic OH excluding ortho intramolecular Hbond substituents is 1. The molecule has 0 amide bonds. The number of phenols is 1. The second-order valence-corrected chi connectivity index (χ2v) is 5.55. The molecule has 1 saturated heterocycles. The van der Waals surface area contributed by atoms with Crippen molar-refractivity contribution in [3.63, 3.8) is 0 Å². The van der Waals surface area contributed by atoms with Crippen LogP contribution in [0.3, 0.4) is 0 Å². The minimum Gasteiger partial charge on any atom is -0.508 e. The normalized spacial score (nSPS) is 25.5. The topological polar surface area (TPSA) is 35.9 Å². The smallest absolute Gasteiger partial charge is 0.120 e. The maximum Gasteiger partial charge on any atom is 0.120 e. The average Bonchev–Trinajstić information content (AvgIpc) is 2.38. The number of piperazine rings is 1. The Bertz CT molecular complexity index is 424. The van der Waals surface area contributed by atoms with E-state index in [4.69, 9.17) is 4.74 Å². The third-order valence-electron chi connectivity index (χ3n) is 4.12. The lowest BCUT2D eigenvalue weighted by molar-refractivity contribution is 0.0552. The highest BCUT2D eigenvalue weighted by Crippen LogP contribution is 2.25. The Hall–Kier alpha value is -1.26. The first-order valence-electron chi connectivity index (χ1n) is 6.81. The summed E-state index contributed by atoms with van der Waals surface area (Å²) in [7, 11) is 3.83. The fourth-order valence-electron chi connectivity index (χ4n) is 2.70. The second-order valence-electron chi connectivity index (χ2n) is 5.55. The first-order chi connectivity index (χ1) is 9.01. The van der Waals surface area contributed by atoms with Crippen LogP contribution in [-0.2, 0) is 6.54 Å². The first kappa shape index (κ1) is 14.2. The predicted molar refractivity (Wildman–Crippen MR) is 76.6 cm³/mol. The molecule has 1 aliphatic rings. The van der Waals surface area contributed by atoms with Crippen LogP contribution in [0.1, 0.15) is 19.4 Å². The summed E-state index contributed by atoms with van der Waals surface area (Å²) >= 11 is 0. The number of aromatic hydroxyl groups is 1. The number of likely N-dealkylation sites (N-methyl/N-ethyl adjacent to an activating group) is 1.